The maximum absolute atomic E-state index is 12.0. The minimum absolute atomic E-state index is 0.0165. The van der Waals surface area contributed by atoms with Crippen LogP contribution in [0, 0.1) is 0 Å². The van der Waals surface area contributed by atoms with Crippen LogP contribution in [0.25, 0.3) is 6.08 Å². The second kappa shape index (κ2) is 3.97. The molecule has 2 rings (SSSR count). The average molecular weight is 254 g/mol. The molecule has 0 aliphatic carbocycles. The molecule has 6 heteroatoms. The Morgan fingerprint density at radius 1 is 1.41 bits per heavy atom. The average Bonchev–Trinajstić information content (AvgIpc) is 2.52. The summed E-state index contributed by atoms with van der Waals surface area (Å²) in [7, 11) is -2.21. The second-order valence-corrected chi connectivity index (χ2v) is 5.54. The van der Waals surface area contributed by atoms with Crippen molar-refractivity contribution in [3.05, 3.63) is 34.2 Å². The van der Waals surface area contributed by atoms with Gasteiger partial charge in [-0.3, -0.25) is 0 Å². The van der Waals surface area contributed by atoms with E-state index in [1.54, 1.807) is 0 Å². The van der Waals surface area contributed by atoms with Gasteiger partial charge in [-0.05, 0) is 18.2 Å². The summed E-state index contributed by atoms with van der Waals surface area (Å²) in [5, 5.41) is 8.98. The molecule has 0 unspecified atom stereocenters. The van der Waals surface area contributed by atoms with Crippen molar-refractivity contribution in [2.45, 2.75) is 4.90 Å². The maximum atomic E-state index is 12.0. The van der Waals surface area contributed by atoms with Crippen molar-refractivity contribution in [1.29, 1.82) is 0 Å². The second-order valence-electron chi connectivity index (χ2n) is 3.57. The first-order valence-electron chi connectivity index (χ1n) is 4.79. The Morgan fingerprint density at radius 2 is 2.12 bits per heavy atom. The molecule has 1 aromatic rings. The van der Waals surface area contributed by atoms with E-state index in [0.717, 1.165) is 0 Å². The van der Waals surface area contributed by atoms with Crippen LogP contribution >= 0.6 is 0 Å². The van der Waals surface area contributed by atoms with E-state index < -0.39 is 15.8 Å². The number of fused-ring (bicyclic) bond motifs is 1. The van der Waals surface area contributed by atoms with Gasteiger partial charge in [-0.1, -0.05) is 6.07 Å². The Hall–Kier alpha value is -1.66. The van der Waals surface area contributed by atoms with Gasteiger partial charge in [-0.25, -0.2) is 13.2 Å². The van der Waals surface area contributed by atoms with Crippen LogP contribution in [0.4, 0.5) is 0 Å². The van der Waals surface area contributed by atoms with Crippen LogP contribution in [0.5, 0.6) is 0 Å². The number of ether oxygens (including phenoxy) is 1. The highest BCUT2D eigenvalue weighted by Gasteiger charge is 2.31. The van der Waals surface area contributed by atoms with Crippen molar-refractivity contribution in [3.63, 3.8) is 0 Å². The summed E-state index contributed by atoms with van der Waals surface area (Å²) in [4.78, 5) is 11.1. The molecule has 1 aromatic carbocycles. The fourth-order valence-electron chi connectivity index (χ4n) is 1.76. The molecule has 0 spiro atoms. The molecule has 0 bridgehead atoms. The Bertz CT molecular complexity index is 613. The molecule has 0 saturated heterocycles. The number of carboxylic acids is 1. The number of aromatic carboxylic acids is 1. The number of hydrogen-bond donors (Lipinski definition) is 1. The Balaban J connectivity index is 2.68. The monoisotopic (exact) mass is 254 g/mol. The van der Waals surface area contributed by atoms with Crippen LogP contribution < -0.4 is 0 Å². The molecular weight excluding hydrogens is 244 g/mol. The van der Waals surface area contributed by atoms with Gasteiger partial charge in [-0.15, -0.1) is 0 Å². The third-order valence-corrected chi connectivity index (χ3v) is 4.38. The molecule has 0 saturated carbocycles. The van der Waals surface area contributed by atoms with E-state index in [1.165, 1.54) is 31.4 Å². The minimum atomic E-state index is -3.59. The van der Waals surface area contributed by atoms with Gasteiger partial charge in [-0.2, -0.15) is 0 Å². The lowest BCUT2D eigenvalue weighted by molar-refractivity contribution is 0.0696. The topological polar surface area (TPSA) is 80.7 Å². The van der Waals surface area contributed by atoms with E-state index in [1.807, 2.05) is 0 Å². The van der Waals surface area contributed by atoms with Crippen LogP contribution in [-0.2, 0) is 14.6 Å². The molecule has 0 aromatic heterocycles. The van der Waals surface area contributed by atoms with E-state index in [-0.39, 0.29) is 27.5 Å². The molecule has 90 valence electrons. The van der Waals surface area contributed by atoms with E-state index in [2.05, 4.69) is 0 Å². The number of benzene rings is 1. The van der Waals surface area contributed by atoms with Crippen molar-refractivity contribution < 1.29 is 23.1 Å². The van der Waals surface area contributed by atoms with E-state index in [9.17, 15) is 13.2 Å². The smallest absolute Gasteiger partial charge is 0.336 e. The number of sulfone groups is 1. The lowest BCUT2D eigenvalue weighted by Gasteiger charge is -2.03. The molecule has 0 fully saturated rings. The summed E-state index contributed by atoms with van der Waals surface area (Å²) < 4.78 is 28.8. The molecule has 1 N–H and O–H groups in total. The summed E-state index contributed by atoms with van der Waals surface area (Å²) >= 11 is 0. The van der Waals surface area contributed by atoms with Gasteiger partial charge < -0.3 is 9.84 Å². The summed E-state index contributed by atoms with van der Waals surface area (Å²) in [6, 6.07) is 4.20. The predicted molar refractivity (Wildman–Crippen MR) is 60.4 cm³/mol. The third-order valence-electron chi connectivity index (χ3n) is 2.52. The molecule has 0 atom stereocenters. The fourth-order valence-corrected chi connectivity index (χ4v) is 3.30. The summed E-state index contributed by atoms with van der Waals surface area (Å²) in [5.41, 5.74) is 0.212. The molecule has 1 aliphatic heterocycles. The molecule has 0 amide bonds. The van der Waals surface area contributed by atoms with E-state index in [4.69, 9.17) is 9.84 Å². The summed E-state index contributed by atoms with van der Waals surface area (Å²) in [5.74, 6) is -1.15. The molecule has 0 radical (unpaired) electrons. The SMILES string of the molecule is COCC1=Cc2c(C(=O)O)cccc2S1(=O)=O. The van der Waals surface area contributed by atoms with Gasteiger partial charge in [0.05, 0.1) is 22.0 Å². The van der Waals surface area contributed by atoms with Gasteiger partial charge in [0.2, 0.25) is 9.84 Å². The lowest BCUT2D eigenvalue weighted by Crippen LogP contribution is -2.06. The molecule has 1 aliphatic rings. The van der Waals surface area contributed by atoms with Crippen LogP contribution in [0.3, 0.4) is 0 Å². The maximum Gasteiger partial charge on any atom is 0.336 e. The van der Waals surface area contributed by atoms with Crippen molar-refractivity contribution in [1.82, 2.24) is 0 Å². The quantitative estimate of drug-likeness (QED) is 0.875. The Morgan fingerprint density at radius 3 is 2.71 bits per heavy atom. The highest BCUT2D eigenvalue weighted by molar-refractivity contribution is 7.95. The van der Waals surface area contributed by atoms with Gasteiger partial charge >= 0.3 is 5.97 Å². The van der Waals surface area contributed by atoms with Crippen molar-refractivity contribution in [2.24, 2.45) is 0 Å². The van der Waals surface area contributed by atoms with E-state index in [0.29, 0.717) is 0 Å². The van der Waals surface area contributed by atoms with Crippen LogP contribution in [0.1, 0.15) is 15.9 Å². The fraction of sp³-hybridized carbons (Fsp3) is 0.182. The van der Waals surface area contributed by atoms with Crippen molar-refractivity contribution in [2.75, 3.05) is 13.7 Å². The lowest BCUT2D eigenvalue weighted by atomic mass is 10.1. The van der Waals surface area contributed by atoms with Gasteiger partial charge in [0.25, 0.3) is 0 Å². The number of methoxy groups -OCH3 is 1. The first-order valence-corrected chi connectivity index (χ1v) is 6.27. The molecular formula is C11H10O5S. The number of rotatable bonds is 3. The van der Waals surface area contributed by atoms with Crippen LogP contribution in [-0.4, -0.2) is 33.2 Å². The number of hydrogen-bond acceptors (Lipinski definition) is 4. The van der Waals surface area contributed by atoms with Gasteiger partial charge in [0.15, 0.2) is 0 Å². The zero-order valence-corrected chi connectivity index (χ0v) is 9.82. The summed E-state index contributed by atoms with van der Waals surface area (Å²) in [6.45, 7) is -0.0595. The first-order chi connectivity index (χ1) is 7.98. The van der Waals surface area contributed by atoms with Gasteiger partial charge in [0, 0.05) is 12.7 Å². The normalized spacial score (nSPS) is 16.4. The molecule has 5 nitrogen and oxygen atoms in total. The third kappa shape index (κ3) is 1.75. The highest BCUT2D eigenvalue weighted by Crippen LogP contribution is 2.34. The van der Waals surface area contributed by atoms with Crippen LogP contribution in [0.15, 0.2) is 28.0 Å². The van der Waals surface area contributed by atoms with Crippen molar-refractivity contribution >= 4 is 21.9 Å². The highest BCUT2D eigenvalue weighted by atomic mass is 32.2. The largest absolute Gasteiger partial charge is 0.478 e. The first kappa shape index (κ1) is 11.8. The van der Waals surface area contributed by atoms with Gasteiger partial charge in [0.1, 0.15) is 0 Å². The standard InChI is InChI=1S/C11H10O5S/c1-16-6-7-5-9-8(11(12)13)3-2-4-10(9)17(7,14)15/h2-5H,6H2,1H3,(H,12,13). The van der Waals surface area contributed by atoms with Crippen LogP contribution in [0.2, 0.25) is 0 Å². The number of carbonyl (C=O) groups is 1. The predicted octanol–water partition coefficient (Wildman–Crippen LogP) is 1.16. The van der Waals surface area contributed by atoms with E-state index >= 15 is 0 Å². The summed E-state index contributed by atoms with van der Waals surface area (Å²) in [6.07, 6.45) is 1.36. The molecule has 1 heterocycles. The zero-order valence-electron chi connectivity index (χ0n) is 9.00. The number of carboxylic acid groups (broad SMARTS) is 1. The van der Waals surface area contributed by atoms with Crippen molar-refractivity contribution in [3.8, 4) is 0 Å². The Kier molecular flexibility index (Phi) is 2.76. The molecule has 17 heavy (non-hydrogen) atoms. The Labute approximate surface area is 98.3 Å². The minimum Gasteiger partial charge on any atom is -0.478 e. The zero-order chi connectivity index (χ0) is 12.6.